The minimum atomic E-state index is -3.63. The van der Waals surface area contributed by atoms with Crippen LogP contribution in [-0.4, -0.2) is 31.3 Å². The number of aryl methyl sites for hydroxylation is 1. The normalized spacial score (nSPS) is 14.5. The third-order valence-electron chi connectivity index (χ3n) is 4.19. The highest BCUT2D eigenvalue weighted by molar-refractivity contribution is 7.89. The third kappa shape index (κ3) is 4.06. The Kier molecular flexibility index (Phi) is 5.78. The van der Waals surface area contributed by atoms with Gasteiger partial charge in [0.25, 0.3) is 0 Å². The van der Waals surface area contributed by atoms with Crippen molar-refractivity contribution in [3.63, 3.8) is 0 Å². The van der Waals surface area contributed by atoms with Gasteiger partial charge in [0.05, 0.1) is 23.9 Å². The largest absolute Gasteiger partial charge is 0.376 e. The zero-order valence-electron chi connectivity index (χ0n) is 14.2. The van der Waals surface area contributed by atoms with Crippen LogP contribution in [0.1, 0.15) is 30.3 Å². The molecule has 0 fully saturated rings. The van der Waals surface area contributed by atoms with Crippen LogP contribution in [0.3, 0.4) is 0 Å². The van der Waals surface area contributed by atoms with Gasteiger partial charge in [-0.1, -0.05) is 30.7 Å². The number of nitrogens with zero attached hydrogens (tertiary/aromatic N) is 2. The average molecular weight is 384 g/mol. The summed E-state index contributed by atoms with van der Waals surface area (Å²) in [4.78, 5) is 0.0959. The lowest BCUT2D eigenvalue weighted by Crippen LogP contribution is -2.26. The van der Waals surface area contributed by atoms with Crippen molar-refractivity contribution in [2.24, 2.45) is 0 Å². The van der Waals surface area contributed by atoms with Gasteiger partial charge in [0.1, 0.15) is 4.90 Å². The quantitative estimate of drug-likeness (QED) is 0.797. The van der Waals surface area contributed by atoms with E-state index in [9.17, 15) is 8.42 Å². The van der Waals surface area contributed by atoms with Crippen LogP contribution in [0.2, 0.25) is 5.02 Å². The van der Waals surface area contributed by atoms with Crippen LogP contribution in [0.5, 0.6) is 0 Å². The summed E-state index contributed by atoms with van der Waals surface area (Å²) in [6.45, 7) is 4.51. The Morgan fingerprint density at radius 2 is 2.16 bits per heavy atom. The summed E-state index contributed by atoms with van der Waals surface area (Å²) in [5, 5.41) is 4.88. The third-order valence-corrected chi connectivity index (χ3v) is 6.16. The van der Waals surface area contributed by atoms with Gasteiger partial charge in [-0.05, 0) is 18.6 Å². The first-order valence-electron chi connectivity index (χ1n) is 8.42. The van der Waals surface area contributed by atoms with E-state index in [1.54, 1.807) is 18.2 Å². The molecule has 0 atom stereocenters. The Labute approximate surface area is 153 Å². The molecule has 6 nitrogen and oxygen atoms in total. The Bertz CT molecular complexity index is 849. The predicted octanol–water partition coefficient (Wildman–Crippen LogP) is 2.54. The first kappa shape index (κ1) is 18.4. The van der Waals surface area contributed by atoms with Gasteiger partial charge in [-0.3, -0.25) is 4.68 Å². The topological polar surface area (TPSA) is 73.2 Å². The second-order valence-electron chi connectivity index (χ2n) is 5.98. The monoisotopic (exact) mass is 383 g/mol. The van der Waals surface area contributed by atoms with E-state index in [4.69, 9.17) is 16.3 Å². The van der Waals surface area contributed by atoms with Gasteiger partial charge in [-0.15, -0.1) is 0 Å². The van der Waals surface area contributed by atoms with Gasteiger partial charge >= 0.3 is 0 Å². The molecule has 0 spiro atoms. The SMILES string of the molecule is CCCn1nc(CCNS(=O)(=O)c2ccccc2Cl)c2c1CCOC2. The van der Waals surface area contributed by atoms with Crippen molar-refractivity contribution in [3.8, 4) is 0 Å². The van der Waals surface area contributed by atoms with Crippen molar-refractivity contribution < 1.29 is 13.2 Å². The molecule has 136 valence electrons. The zero-order valence-corrected chi connectivity index (χ0v) is 15.7. The molecule has 0 saturated heterocycles. The second-order valence-corrected chi connectivity index (χ2v) is 8.12. The maximum Gasteiger partial charge on any atom is 0.242 e. The molecule has 1 aromatic heterocycles. The summed E-state index contributed by atoms with van der Waals surface area (Å²) in [5.74, 6) is 0. The minimum absolute atomic E-state index is 0.0959. The fourth-order valence-electron chi connectivity index (χ4n) is 3.02. The standard InChI is InChI=1S/C17H22ClN3O3S/c1-2-10-21-16-8-11-24-12-13(16)15(20-21)7-9-19-25(22,23)17-6-4-3-5-14(17)18/h3-6,19H,2,7-12H2,1H3. The van der Waals surface area contributed by atoms with Crippen molar-refractivity contribution in [3.05, 3.63) is 46.2 Å². The maximum absolute atomic E-state index is 12.4. The molecule has 1 aliphatic rings. The molecule has 2 heterocycles. The van der Waals surface area contributed by atoms with E-state index in [1.807, 2.05) is 4.68 Å². The fraction of sp³-hybridized carbons (Fsp3) is 0.471. The van der Waals surface area contributed by atoms with E-state index < -0.39 is 10.0 Å². The molecule has 25 heavy (non-hydrogen) atoms. The number of nitrogens with one attached hydrogen (secondary N) is 1. The maximum atomic E-state index is 12.4. The first-order chi connectivity index (χ1) is 12.0. The molecule has 0 saturated carbocycles. The molecule has 8 heteroatoms. The Morgan fingerprint density at radius 1 is 1.36 bits per heavy atom. The summed E-state index contributed by atoms with van der Waals surface area (Å²) in [6, 6.07) is 6.42. The highest BCUT2D eigenvalue weighted by Crippen LogP contribution is 2.22. The van der Waals surface area contributed by atoms with E-state index in [0.29, 0.717) is 19.6 Å². The number of ether oxygens (including phenoxy) is 1. The van der Waals surface area contributed by atoms with Gasteiger partial charge in [0.15, 0.2) is 0 Å². The highest BCUT2D eigenvalue weighted by atomic mass is 35.5. The lowest BCUT2D eigenvalue weighted by molar-refractivity contribution is 0.108. The Hall–Kier alpha value is -1.41. The molecule has 1 aromatic carbocycles. The molecule has 0 aliphatic carbocycles. The molecule has 2 aromatic rings. The molecular weight excluding hydrogens is 362 g/mol. The summed E-state index contributed by atoms with van der Waals surface area (Å²) in [6.07, 6.45) is 2.38. The number of aromatic nitrogens is 2. The smallest absolute Gasteiger partial charge is 0.242 e. The molecule has 3 rings (SSSR count). The lowest BCUT2D eigenvalue weighted by atomic mass is 10.1. The Balaban J connectivity index is 1.71. The van der Waals surface area contributed by atoms with Crippen molar-refractivity contribution in [1.29, 1.82) is 0 Å². The molecule has 1 N–H and O–H groups in total. The van der Waals surface area contributed by atoms with Crippen LogP contribution in [0, 0.1) is 0 Å². The summed E-state index contributed by atoms with van der Waals surface area (Å²) in [7, 11) is -3.63. The number of sulfonamides is 1. The summed E-state index contributed by atoms with van der Waals surface area (Å²) in [5.41, 5.74) is 3.23. The number of rotatable bonds is 7. The molecular formula is C17H22ClN3O3S. The van der Waals surface area contributed by atoms with E-state index in [1.165, 1.54) is 11.8 Å². The Morgan fingerprint density at radius 3 is 2.92 bits per heavy atom. The average Bonchev–Trinajstić information content (AvgIpc) is 2.94. The molecule has 0 bridgehead atoms. The van der Waals surface area contributed by atoms with Crippen molar-refractivity contribution in [2.75, 3.05) is 13.2 Å². The van der Waals surface area contributed by atoms with Gasteiger partial charge in [0.2, 0.25) is 10.0 Å². The van der Waals surface area contributed by atoms with E-state index in [2.05, 4.69) is 16.7 Å². The summed E-state index contributed by atoms with van der Waals surface area (Å²) >= 11 is 5.99. The van der Waals surface area contributed by atoms with Crippen LogP contribution in [-0.2, 0) is 40.8 Å². The molecule has 0 amide bonds. The molecule has 1 aliphatic heterocycles. The second kappa shape index (κ2) is 7.86. The number of fused-ring (bicyclic) bond motifs is 1. The molecule has 0 unspecified atom stereocenters. The van der Waals surface area contributed by atoms with Gasteiger partial charge < -0.3 is 4.74 Å². The van der Waals surface area contributed by atoms with E-state index >= 15 is 0 Å². The zero-order chi connectivity index (χ0) is 17.9. The predicted molar refractivity (Wildman–Crippen MR) is 96.2 cm³/mol. The minimum Gasteiger partial charge on any atom is -0.376 e. The van der Waals surface area contributed by atoms with Gasteiger partial charge in [-0.25, -0.2) is 13.1 Å². The van der Waals surface area contributed by atoms with Crippen LogP contribution in [0.15, 0.2) is 29.2 Å². The van der Waals surface area contributed by atoms with E-state index in [-0.39, 0.29) is 16.5 Å². The first-order valence-corrected chi connectivity index (χ1v) is 10.3. The number of hydrogen-bond donors (Lipinski definition) is 1. The van der Waals surface area contributed by atoms with Crippen molar-refractivity contribution >= 4 is 21.6 Å². The van der Waals surface area contributed by atoms with Gasteiger partial charge in [-0.2, -0.15) is 5.10 Å². The van der Waals surface area contributed by atoms with Gasteiger partial charge in [0, 0.05) is 37.2 Å². The highest BCUT2D eigenvalue weighted by Gasteiger charge is 2.22. The van der Waals surface area contributed by atoms with E-state index in [0.717, 1.165) is 30.6 Å². The summed E-state index contributed by atoms with van der Waals surface area (Å²) < 4.78 is 35.0. The van der Waals surface area contributed by atoms with Crippen molar-refractivity contribution in [2.45, 2.75) is 44.2 Å². The number of halogens is 1. The lowest BCUT2D eigenvalue weighted by Gasteiger charge is -2.15. The van der Waals surface area contributed by atoms with Crippen LogP contribution in [0.4, 0.5) is 0 Å². The van der Waals surface area contributed by atoms with Crippen LogP contribution >= 0.6 is 11.6 Å². The van der Waals surface area contributed by atoms with Crippen molar-refractivity contribution in [1.82, 2.24) is 14.5 Å². The number of hydrogen-bond acceptors (Lipinski definition) is 4. The fourth-order valence-corrected chi connectivity index (χ4v) is 4.57. The molecule has 0 radical (unpaired) electrons. The number of benzene rings is 1. The van der Waals surface area contributed by atoms with Crippen LogP contribution in [0.25, 0.3) is 0 Å². The van der Waals surface area contributed by atoms with Crippen LogP contribution < -0.4 is 4.72 Å².